The van der Waals surface area contributed by atoms with E-state index in [1.165, 1.54) is 4.31 Å². The number of hydrogen-bond donors (Lipinski definition) is 1. The molecule has 0 aliphatic rings. The highest BCUT2D eigenvalue weighted by Gasteiger charge is 2.25. The van der Waals surface area contributed by atoms with Crippen LogP contribution in [0.1, 0.15) is 44.6 Å². The van der Waals surface area contributed by atoms with Crippen LogP contribution in [0.2, 0.25) is 0 Å². The Balaban J connectivity index is 2.42. The number of aliphatic imine (C=N–C) groups is 1. The fourth-order valence-electron chi connectivity index (χ4n) is 2.34. The number of nitrogens with zero attached hydrogens (tertiary/aromatic N) is 5. The minimum absolute atomic E-state index is 0.269. The van der Waals surface area contributed by atoms with E-state index in [0.29, 0.717) is 17.3 Å². The second-order valence-electron chi connectivity index (χ2n) is 7.35. The predicted octanol–water partition coefficient (Wildman–Crippen LogP) is 4.44. The largest absolute Gasteiger partial charge is 0.443 e. The number of hydrogen-bond acceptors (Lipinski definition) is 7. The summed E-state index contributed by atoms with van der Waals surface area (Å²) < 4.78 is 8.69. The quantitative estimate of drug-likeness (QED) is 0.260. The maximum atomic E-state index is 12.6. The van der Waals surface area contributed by atoms with E-state index in [9.17, 15) is 4.79 Å². The van der Waals surface area contributed by atoms with Gasteiger partial charge in [-0.05, 0) is 53.2 Å². The van der Waals surface area contributed by atoms with Crippen LogP contribution >= 0.6 is 24.6 Å². The number of aromatic nitrogens is 3. The third-order valence-corrected chi connectivity index (χ3v) is 4.46. The summed E-state index contributed by atoms with van der Waals surface area (Å²) >= 11 is 5.54. The van der Waals surface area contributed by atoms with Gasteiger partial charge in [0.25, 0.3) is 0 Å². The molecule has 7 nitrogen and oxygen atoms in total. The summed E-state index contributed by atoms with van der Waals surface area (Å²) in [6.07, 6.45) is 3.03. The lowest BCUT2D eigenvalue weighted by atomic mass is 10.2. The highest BCUT2D eigenvalue weighted by Crippen LogP contribution is 2.23. The number of rotatable bonds is 4. The molecular weight excluding hydrogens is 394 g/mol. The van der Waals surface area contributed by atoms with Gasteiger partial charge in [-0.15, -0.1) is 6.58 Å². The van der Waals surface area contributed by atoms with Gasteiger partial charge in [-0.25, -0.2) is 18.6 Å². The monoisotopic (exact) mass is 421 g/mol. The first-order valence-corrected chi connectivity index (χ1v) is 10.2. The number of imidazole rings is 1. The van der Waals surface area contributed by atoms with E-state index in [4.69, 9.17) is 4.74 Å². The number of carbonyl (C=O) groups excluding carboxylic acids is 1. The zero-order chi connectivity index (χ0) is 21.1. The number of amides is 1. The van der Waals surface area contributed by atoms with Gasteiger partial charge in [-0.3, -0.25) is 4.99 Å². The van der Waals surface area contributed by atoms with Crippen LogP contribution in [0.5, 0.6) is 0 Å². The van der Waals surface area contributed by atoms with Crippen LogP contribution in [-0.4, -0.2) is 47.6 Å². The molecule has 9 heteroatoms. The van der Waals surface area contributed by atoms with Crippen molar-refractivity contribution in [2.45, 2.75) is 52.5 Å². The number of ether oxygens (including phenoxy) is 1. The summed E-state index contributed by atoms with van der Waals surface area (Å²) in [7, 11) is 0. The predicted molar refractivity (Wildman–Crippen MR) is 118 cm³/mol. The fourth-order valence-corrected chi connectivity index (χ4v) is 3.43. The van der Waals surface area contributed by atoms with Crippen LogP contribution in [0.3, 0.4) is 0 Å². The standard InChI is InChI=1S/C19H27N5O2S2/c1-8-9-24(18(25)26-19(5,6)7)28-17(21-14(4)27)15-10-12(2)16-20-13(3)11-23(16)22-15/h8,10-11,14,27H,1,9H2,2-7H3. The van der Waals surface area contributed by atoms with Gasteiger partial charge >= 0.3 is 6.09 Å². The summed E-state index contributed by atoms with van der Waals surface area (Å²) in [4.78, 5) is 21.6. The lowest BCUT2D eigenvalue weighted by Crippen LogP contribution is -2.34. The van der Waals surface area contributed by atoms with Gasteiger partial charge in [0.05, 0.1) is 23.8 Å². The normalized spacial score (nSPS) is 13.5. The zero-order valence-electron chi connectivity index (χ0n) is 17.1. The van der Waals surface area contributed by atoms with Crippen LogP contribution in [0, 0.1) is 13.8 Å². The average Bonchev–Trinajstić information content (AvgIpc) is 2.92. The maximum Gasteiger partial charge on any atom is 0.421 e. The highest BCUT2D eigenvalue weighted by atomic mass is 32.2. The molecule has 0 bridgehead atoms. The van der Waals surface area contributed by atoms with Gasteiger partial charge in [0.2, 0.25) is 0 Å². The minimum Gasteiger partial charge on any atom is -0.443 e. The Bertz CT molecular complexity index is 900. The molecule has 2 rings (SSSR count). The summed E-state index contributed by atoms with van der Waals surface area (Å²) in [6, 6.07) is 1.91. The Labute approximate surface area is 175 Å². The molecule has 0 fully saturated rings. The molecule has 0 spiro atoms. The van der Waals surface area contributed by atoms with E-state index in [0.717, 1.165) is 28.9 Å². The molecule has 152 valence electrons. The van der Waals surface area contributed by atoms with Crippen LogP contribution < -0.4 is 0 Å². The molecule has 0 aliphatic heterocycles. The summed E-state index contributed by atoms with van der Waals surface area (Å²) in [5, 5.41) is 4.91. The van der Waals surface area contributed by atoms with Crippen LogP contribution in [0.15, 0.2) is 29.9 Å². The van der Waals surface area contributed by atoms with Gasteiger partial charge in [0.1, 0.15) is 16.3 Å². The third kappa shape index (κ3) is 6.00. The van der Waals surface area contributed by atoms with Gasteiger partial charge in [-0.2, -0.15) is 17.7 Å². The molecule has 2 heterocycles. The lowest BCUT2D eigenvalue weighted by Gasteiger charge is -2.26. The molecule has 0 saturated heterocycles. The molecule has 1 atom stereocenters. The molecule has 2 aromatic heterocycles. The smallest absolute Gasteiger partial charge is 0.421 e. The molecule has 0 radical (unpaired) electrons. The van der Waals surface area contributed by atoms with E-state index in [-0.39, 0.29) is 5.37 Å². The number of carbonyl (C=O) groups is 1. The maximum absolute atomic E-state index is 12.6. The molecule has 2 aromatic rings. The fraction of sp³-hybridized carbons (Fsp3) is 0.474. The van der Waals surface area contributed by atoms with Crippen molar-refractivity contribution >= 4 is 41.4 Å². The Kier molecular flexibility index (Phi) is 7.16. The minimum atomic E-state index is -0.604. The second-order valence-corrected chi connectivity index (χ2v) is 9.11. The molecule has 1 amide bonds. The molecule has 0 N–H and O–H groups in total. The summed E-state index contributed by atoms with van der Waals surface area (Å²) in [5.41, 5.74) is 2.66. The first kappa shape index (κ1) is 22.3. The van der Waals surface area contributed by atoms with E-state index >= 15 is 0 Å². The number of aryl methyl sites for hydroxylation is 2. The molecule has 0 aliphatic carbocycles. The molecule has 1 unspecified atom stereocenters. The molecule has 0 saturated carbocycles. The van der Waals surface area contributed by atoms with Crippen LogP contribution in [0.25, 0.3) is 5.65 Å². The SMILES string of the molecule is C=CCN(SC(=NC(C)S)c1cc(C)c2nc(C)cn2n1)C(=O)OC(C)(C)C. The van der Waals surface area contributed by atoms with Gasteiger partial charge in [-0.1, -0.05) is 6.08 Å². The topological polar surface area (TPSA) is 72.1 Å². The van der Waals surface area contributed by atoms with Crippen molar-refractivity contribution in [3.8, 4) is 0 Å². The van der Waals surface area contributed by atoms with Crippen molar-refractivity contribution in [1.29, 1.82) is 0 Å². The van der Waals surface area contributed by atoms with E-state index in [1.54, 1.807) is 10.6 Å². The number of fused-ring (bicyclic) bond motifs is 1. The van der Waals surface area contributed by atoms with E-state index in [1.807, 2.05) is 53.8 Å². The summed E-state index contributed by atoms with van der Waals surface area (Å²) in [5.74, 6) is 0. The first-order chi connectivity index (χ1) is 13.0. The van der Waals surface area contributed by atoms with Crippen molar-refractivity contribution in [2.75, 3.05) is 6.54 Å². The van der Waals surface area contributed by atoms with Gasteiger partial charge in [0, 0.05) is 11.9 Å². The first-order valence-electron chi connectivity index (χ1n) is 8.89. The van der Waals surface area contributed by atoms with Crippen molar-refractivity contribution in [3.63, 3.8) is 0 Å². The van der Waals surface area contributed by atoms with Gasteiger partial charge in [0.15, 0.2) is 5.65 Å². The Morgan fingerprint density at radius 3 is 2.75 bits per heavy atom. The van der Waals surface area contributed by atoms with Crippen molar-refractivity contribution in [3.05, 3.63) is 41.9 Å². The van der Waals surface area contributed by atoms with Gasteiger partial charge < -0.3 is 4.74 Å². The second kappa shape index (κ2) is 9.00. The van der Waals surface area contributed by atoms with E-state index < -0.39 is 11.7 Å². The lowest BCUT2D eigenvalue weighted by molar-refractivity contribution is 0.0419. The average molecular weight is 422 g/mol. The Hall–Kier alpha value is -2.00. The molecule has 0 aromatic carbocycles. The van der Waals surface area contributed by atoms with Crippen molar-refractivity contribution < 1.29 is 9.53 Å². The number of thiol groups is 1. The zero-order valence-corrected chi connectivity index (χ0v) is 18.8. The van der Waals surface area contributed by atoms with Crippen molar-refractivity contribution in [2.24, 2.45) is 4.99 Å². The van der Waals surface area contributed by atoms with E-state index in [2.05, 4.69) is 34.3 Å². The Morgan fingerprint density at radius 1 is 1.50 bits per heavy atom. The van der Waals surface area contributed by atoms with Crippen LogP contribution in [-0.2, 0) is 4.74 Å². The molecule has 28 heavy (non-hydrogen) atoms. The molecular formula is C19H27N5O2S2. The highest BCUT2D eigenvalue weighted by molar-refractivity contribution is 8.12. The van der Waals surface area contributed by atoms with Crippen molar-refractivity contribution in [1.82, 2.24) is 18.9 Å². The summed E-state index contributed by atoms with van der Waals surface area (Å²) in [6.45, 7) is 15.2. The Morgan fingerprint density at radius 2 is 2.18 bits per heavy atom. The van der Waals surface area contributed by atoms with Crippen LogP contribution in [0.4, 0.5) is 4.79 Å². The third-order valence-electron chi connectivity index (χ3n) is 3.34.